The molecule has 0 spiro atoms. The number of methoxy groups -OCH3 is 1. The minimum Gasteiger partial charge on any atom is -0.492 e. The second-order valence-corrected chi connectivity index (χ2v) is 12.1. The van der Waals surface area contributed by atoms with Crippen LogP contribution in [0, 0.1) is 17.9 Å². The number of fused-ring (bicyclic) bond motifs is 1. The van der Waals surface area contributed by atoms with Gasteiger partial charge in [0.25, 0.3) is 0 Å². The number of halogens is 2. The van der Waals surface area contributed by atoms with Gasteiger partial charge in [0.2, 0.25) is 5.43 Å². The van der Waals surface area contributed by atoms with Crippen LogP contribution in [0.15, 0.2) is 65.6 Å². The summed E-state index contributed by atoms with van der Waals surface area (Å²) < 4.78 is 48.8. The molecule has 1 N–H and O–H groups in total. The van der Waals surface area contributed by atoms with Gasteiger partial charge < -0.3 is 29.0 Å². The third-order valence-electron chi connectivity index (χ3n) is 8.66. The lowest BCUT2D eigenvalue weighted by molar-refractivity contribution is -0.151. The van der Waals surface area contributed by atoms with Crippen LogP contribution in [0.2, 0.25) is 0 Å². The predicted molar refractivity (Wildman–Crippen MR) is 173 cm³/mol. The average Bonchev–Trinajstić information content (AvgIpc) is 3.90. The normalized spacial score (nSPS) is 17.1. The Morgan fingerprint density at radius 2 is 1.77 bits per heavy atom. The number of piperazine rings is 1. The third kappa shape index (κ3) is 6.44. The maximum absolute atomic E-state index is 15.8. The van der Waals surface area contributed by atoms with Crippen LogP contribution >= 0.6 is 0 Å². The number of pyridine rings is 1. The van der Waals surface area contributed by atoms with Gasteiger partial charge in [0.15, 0.2) is 11.6 Å². The van der Waals surface area contributed by atoms with Gasteiger partial charge in [-0.25, -0.2) is 13.6 Å². The molecule has 2 unspecified atom stereocenters. The first kappa shape index (κ1) is 32.2. The molecule has 1 aliphatic carbocycles. The van der Waals surface area contributed by atoms with Crippen LogP contribution < -0.4 is 20.4 Å². The number of rotatable bonds is 9. The molecular formula is C36H36F2N3O6. The Labute approximate surface area is 271 Å². The number of hydrogen-bond acceptors (Lipinski definition) is 8. The lowest BCUT2D eigenvalue weighted by atomic mass is 9.97. The second-order valence-electron chi connectivity index (χ2n) is 12.1. The van der Waals surface area contributed by atoms with Crippen molar-refractivity contribution in [3.8, 4) is 16.9 Å². The number of nitrogens with one attached hydrogen (secondary N) is 1. The van der Waals surface area contributed by atoms with Crippen molar-refractivity contribution in [2.24, 2.45) is 0 Å². The Bertz CT molecular complexity index is 1890. The van der Waals surface area contributed by atoms with Crippen LogP contribution in [-0.2, 0) is 14.3 Å². The fourth-order valence-corrected chi connectivity index (χ4v) is 6.08. The van der Waals surface area contributed by atoms with Crippen molar-refractivity contribution >= 4 is 28.5 Å². The molecule has 9 nitrogen and oxygen atoms in total. The molecule has 2 atom stereocenters. The number of esters is 2. The lowest BCUT2D eigenvalue weighted by Gasteiger charge is -2.35. The van der Waals surface area contributed by atoms with Crippen molar-refractivity contribution in [3.05, 3.63) is 100 Å². The number of carbonyl (C=O) groups is 2. The zero-order valence-corrected chi connectivity index (χ0v) is 26.6. The molecule has 0 amide bonds. The summed E-state index contributed by atoms with van der Waals surface area (Å²) in [6.45, 7) is 6.60. The monoisotopic (exact) mass is 644 g/mol. The third-order valence-corrected chi connectivity index (χ3v) is 8.66. The van der Waals surface area contributed by atoms with Gasteiger partial charge in [-0.1, -0.05) is 42.5 Å². The minimum atomic E-state index is -1.05. The van der Waals surface area contributed by atoms with Crippen LogP contribution in [-0.4, -0.2) is 49.3 Å². The Morgan fingerprint density at radius 1 is 1.02 bits per heavy atom. The SMILES string of the molecule is COc1c(N2CCNC(C)C2)c(F)cc2c(=O)c(C(=O)O[C](C)OC(=O)C(C)c3ccc(-c4ccccc4)c(F)c3)cn(C3CC3)c12. The molecule has 2 heterocycles. The van der Waals surface area contributed by atoms with E-state index in [1.165, 1.54) is 26.3 Å². The zero-order valence-electron chi connectivity index (χ0n) is 26.6. The van der Waals surface area contributed by atoms with E-state index >= 15 is 4.39 Å². The fraction of sp³-hybridized carbons (Fsp3) is 0.333. The van der Waals surface area contributed by atoms with Crippen molar-refractivity contribution in [2.75, 3.05) is 31.6 Å². The Hall–Kier alpha value is -4.77. The number of ether oxygens (including phenoxy) is 3. The second kappa shape index (κ2) is 13.2. The molecule has 6 rings (SSSR count). The molecule has 245 valence electrons. The van der Waals surface area contributed by atoms with Crippen LogP contribution in [0.25, 0.3) is 22.0 Å². The molecule has 1 saturated carbocycles. The molecule has 1 radical (unpaired) electrons. The Balaban J connectivity index is 1.23. The maximum atomic E-state index is 15.8. The van der Waals surface area contributed by atoms with E-state index in [1.54, 1.807) is 35.8 Å². The molecule has 2 aliphatic rings. The Morgan fingerprint density at radius 3 is 2.43 bits per heavy atom. The van der Waals surface area contributed by atoms with Crippen molar-refractivity contribution in [1.29, 1.82) is 0 Å². The molecule has 3 aromatic carbocycles. The lowest BCUT2D eigenvalue weighted by Crippen LogP contribution is -2.49. The van der Waals surface area contributed by atoms with Crippen molar-refractivity contribution in [3.63, 3.8) is 0 Å². The van der Waals surface area contributed by atoms with Crippen molar-refractivity contribution < 1.29 is 32.6 Å². The molecule has 2 fully saturated rings. The standard InChI is InChI=1S/C36H36F2N3O6/c1-20-18-40(15-14-39-20)32-30(38)17-27-31(34(32)45-4)41(25-11-12-25)19-28(33(27)42)36(44)47-22(3)46-35(43)21(2)24-10-13-26(29(37)16-24)23-8-6-5-7-9-23/h5-10,13,16-17,19-21,25,39H,11-12,14-15,18H2,1-4H3. The predicted octanol–water partition coefficient (Wildman–Crippen LogP) is 6.10. The molecule has 4 aromatic rings. The number of hydrogen-bond donors (Lipinski definition) is 1. The van der Waals surface area contributed by atoms with E-state index in [1.807, 2.05) is 30.0 Å². The summed E-state index contributed by atoms with van der Waals surface area (Å²) in [5.74, 6) is -3.62. The number of aromatic nitrogens is 1. The summed E-state index contributed by atoms with van der Waals surface area (Å²) in [7, 11) is 1.44. The highest BCUT2D eigenvalue weighted by Crippen LogP contribution is 2.44. The number of nitrogens with zero attached hydrogens (tertiary/aromatic N) is 2. The van der Waals surface area contributed by atoms with Gasteiger partial charge in [-0.3, -0.25) is 9.59 Å². The first-order valence-electron chi connectivity index (χ1n) is 15.6. The van der Waals surface area contributed by atoms with Crippen LogP contribution in [0.3, 0.4) is 0 Å². The molecule has 1 saturated heterocycles. The molecule has 1 aromatic heterocycles. The highest BCUT2D eigenvalue weighted by Gasteiger charge is 2.33. The van der Waals surface area contributed by atoms with Crippen molar-refractivity contribution in [1.82, 2.24) is 9.88 Å². The summed E-state index contributed by atoms with van der Waals surface area (Å²) >= 11 is 0. The summed E-state index contributed by atoms with van der Waals surface area (Å²) in [6.07, 6.45) is 2.61. The van der Waals surface area contributed by atoms with E-state index in [2.05, 4.69) is 5.32 Å². The van der Waals surface area contributed by atoms with Crippen LogP contribution in [0.1, 0.15) is 61.5 Å². The van der Waals surface area contributed by atoms with E-state index in [9.17, 15) is 18.8 Å². The maximum Gasteiger partial charge on any atom is 0.347 e. The van der Waals surface area contributed by atoms with Gasteiger partial charge in [-0.05, 0) is 49.9 Å². The molecule has 1 aliphatic heterocycles. The van der Waals surface area contributed by atoms with E-state index in [-0.39, 0.29) is 34.5 Å². The molecular weight excluding hydrogens is 608 g/mol. The van der Waals surface area contributed by atoms with Crippen molar-refractivity contribution in [2.45, 2.75) is 51.6 Å². The summed E-state index contributed by atoms with van der Waals surface area (Å²) in [4.78, 5) is 41.8. The molecule has 0 bridgehead atoms. The van der Waals surface area contributed by atoms with E-state index in [4.69, 9.17) is 14.2 Å². The van der Waals surface area contributed by atoms with Gasteiger partial charge in [0.05, 0.1) is 23.9 Å². The summed E-state index contributed by atoms with van der Waals surface area (Å²) in [5.41, 5.74) is 1.08. The number of anilines is 1. The van der Waals surface area contributed by atoms with Gasteiger partial charge in [0, 0.05) is 50.4 Å². The Kier molecular flexibility index (Phi) is 9.01. The largest absolute Gasteiger partial charge is 0.492 e. The van der Waals surface area contributed by atoms with E-state index < -0.39 is 41.2 Å². The summed E-state index contributed by atoms with van der Waals surface area (Å²) in [6, 6.07) is 14.8. The zero-order chi connectivity index (χ0) is 33.4. The minimum absolute atomic E-state index is 0.0168. The van der Waals surface area contributed by atoms with E-state index in [0.717, 1.165) is 18.9 Å². The molecule has 11 heteroatoms. The van der Waals surface area contributed by atoms with Gasteiger partial charge in [-0.2, -0.15) is 0 Å². The first-order chi connectivity index (χ1) is 22.6. The fourth-order valence-electron chi connectivity index (χ4n) is 6.08. The van der Waals surface area contributed by atoms with Gasteiger partial charge in [-0.15, -0.1) is 0 Å². The first-order valence-corrected chi connectivity index (χ1v) is 15.6. The topological polar surface area (TPSA) is 99.1 Å². The highest BCUT2D eigenvalue weighted by atomic mass is 19.1. The van der Waals surface area contributed by atoms with Crippen LogP contribution in [0.5, 0.6) is 5.75 Å². The molecule has 47 heavy (non-hydrogen) atoms. The number of benzene rings is 3. The highest BCUT2D eigenvalue weighted by molar-refractivity contribution is 5.98. The van der Waals surface area contributed by atoms with Gasteiger partial charge >= 0.3 is 18.2 Å². The van der Waals surface area contributed by atoms with E-state index in [0.29, 0.717) is 41.8 Å². The average molecular weight is 645 g/mol. The number of carbonyl (C=O) groups excluding carboxylic acids is 2. The van der Waals surface area contributed by atoms with Crippen LogP contribution in [0.4, 0.5) is 14.5 Å². The quantitative estimate of drug-likeness (QED) is 0.218. The van der Waals surface area contributed by atoms with Gasteiger partial charge in [0.1, 0.15) is 17.1 Å². The smallest absolute Gasteiger partial charge is 0.347 e. The summed E-state index contributed by atoms with van der Waals surface area (Å²) in [5, 5.41) is 3.32.